The number of hydrogen-bond acceptors (Lipinski definition) is 2. The van der Waals surface area contributed by atoms with E-state index in [1.807, 2.05) is 5.41 Å². The van der Waals surface area contributed by atoms with Gasteiger partial charge in [0.2, 0.25) is 0 Å². The van der Waals surface area contributed by atoms with E-state index in [-0.39, 0.29) is 0 Å². The van der Waals surface area contributed by atoms with Gasteiger partial charge in [-0.05, 0) is 24.2 Å². The Bertz CT molecular complexity index is 141. The van der Waals surface area contributed by atoms with Crippen molar-refractivity contribution < 1.29 is 0 Å². The molecule has 0 atom stereocenters. The molecule has 0 aromatic carbocycles. The number of allylic oxidation sites excluding steroid dienone is 1. The summed E-state index contributed by atoms with van der Waals surface area (Å²) in [5, 5.41) is 13.8. The fourth-order valence-electron chi connectivity index (χ4n) is 0.783. The van der Waals surface area contributed by atoms with Crippen molar-refractivity contribution in [3.05, 3.63) is 11.5 Å². The first kappa shape index (κ1) is 12.0. The first-order chi connectivity index (χ1) is 5.48. The van der Waals surface area contributed by atoms with Crippen LogP contribution in [-0.4, -0.2) is 5.75 Å². The molecule has 0 aliphatic rings. The lowest BCUT2D eigenvalue weighted by molar-refractivity contribution is 0.630. The van der Waals surface area contributed by atoms with E-state index in [9.17, 15) is 0 Å². The summed E-state index contributed by atoms with van der Waals surface area (Å²) < 4.78 is 0. The predicted molar refractivity (Wildman–Crippen MR) is 59.7 cm³/mol. The minimum absolute atomic E-state index is 0.694. The molecule has 0 spiro atoms. The normalized spacial score (nSPS) is 14.5. The van der Waals surface area contributed by atoms with Crippen LogP contribution in [0.25, 0.3) is 0 Å². The predicted octanol–water partition coefficient (Wildman–Crippen LogP) is 2.51. The fraction of sp³-hybridized carbons (Fsp3) is 0.778. The van der Waals surface area contributed by atoms with Crippen molar-refractivity contribution in [2.75, 3.05) is 5.75 Å². The number of rotatable bonds is 5. The van der Waals surface area contributed by atoms with Gasteiger partial charge in [-0.2, -0.15) is 0 Å². The van der Waals surface area contributed by atoms with Crippen molar-refractivity contribution in [2.24, 2.45) is 16.2 Å². The van der Waals surface area contributed by atoms with E-state index in [2.05, 4.69) is 26.8 Å². The molecule has 3 heteroatoms. The van der Waals surface area contributed by atoms with E-state index in [0.29, 0.717) is 5.92 Å². The molecule has 12 heavy (non-hydrogen) atoms. The summed E-state index contributed by atoms with van der Waals surface area (Å²) in [7, 11) is -1.42. The molecule has 0 heterocycles. The average molecular weight is 190 g/mol. The maximum atomic E-state index is 5.93. The summed E-state index contributed by atoms with van der Waals surface area (Å²) in [6, 6.07) is 0. The molecular weight excluding hydrogens is 168 g/mol. The van der Waals surface area contributed by atoms with Gasteiger partial charge in [-0.3, -0.25) is 10.3 Å². The third-order valence-corrected chi connectivity index (χ3v) is 3.28. The molecule has 0 bridgehead atoms. The molecule has 74 valence electrons. The number of hydrogen-bond donors (Lipinski definition) is 2. The summed E-state index contributed by atoms with van der Waals surface area (Å²) in [5.74, 6) is 1.64. The molecule has 0 radical (unpaired) electrons. The second-order valence-corrected chi connectivity index (χ2v) is 6.07. The molecule has 0 saturated carbocycles. The van der Waals surface area contributed by atoms with Crippen LogP contribution in [0.3, 0.4) is 0 Å². The fourth-order valence-corrected chi connectivity index (χ4v) is 2.35. The zero-order valence-corrected chi connectivity index (χ0v) is 9.23. The first-order valence-corrected chi connectivity index (χ1v) is 6.50. The molecule has 0 aromatic rings. The van der Waals surface area contributed by atoms with Crippen molar-refractivity contribution in [3.8, 4) is 0 Å². The van der Waals surface area contributed by atoms with Crippen LogP contribution >= 0.6 is 10.4 Å². The van der Waals surface area contributed by atoms with Crippen molar-refractivity contribution in [1.82, 2.24) is 0 Å². The van der Waals surface area contributed by atoms with Gasteiger partial charge in [0.15, 0.2) is 0 Å². The van der Waals surface area contributed by atoms with Crippen LogP contribution in [0.4, 0.5) is 0 Å². The summed E-state index contributed by atoms with van der Waals surface area (Å²) in [6.07, 6.45) is 4.21. The van der Waals surface area contributed by atoms with Crippen LogP contribution in [0.1, 0.15) is 33.6 Å². The van der Waals surface area contributed by atoms with Gasteiger partial charge in [0.25, 0.3) is 0 Å². The van der Waals surface area contributed by atoms with Gasteiger partial charge >= 0.3 is 0 Å². The second-order valence-electron chi connectivity index (χ2n) is 3.57. The van der Waals surface area contributed by atoms with Crippen LogP contribution < -0.4 is 10.3 Å². The first-order valence-electron chi connectivity index (χ1n) is 4.51. The highest BCUT2D eigenvalue weighted by Crippen LogP contribution is 2.33. The molecular formula is C9H22N2S. The van der Waals surface area contributed by atoms with Crippen molar-refractivity contribution in [2.45, 2.75) is 33.6 Å². The maximum absolute atomic E-state index is 5.93. The van der Waals surface area contributed by atoms with Gasteiger partial charge in [0, 0.05) is 5.75 Å². The molecule has 0 rings (SSSR count). The van der Waals surface area contributed by atoms with Crippen LogP contribution in [-0.2, 0) is 0 Å². The van der Waals surface area contributed by atoms with E-state index < -0.39 is 10.4 Å². The van der Waals surface area contributed by atoms with Crippen molar-refractivity contribution in [1.29, 1.82) is 0 Å². The van der Waals surface area contributed by atoms with Gasteiger partial charge in [-0.15, -0.1) is 10.4 Å². The molecule has 4 N–H and O–H groups in total. The lowest BCUT2D eigenvalue weighted by Crippen LogP contribution is -2.21. The summed E-state index contributed by atoms with van der Waals surface area (Å²) in [6.45, 7) is 6.48. The molecule has 2 nitrogen and oxygen atoms in total. The summed E-state index contributed by atoms with van der Waals surface area (Å²) >= 11 is 0. The van der Waals surface area contributed by atoms with E-state index in [1.54, 1.807) is 0 Å². The lowest BCUT2D eigenvalue weighted by atomic mass is 10.2. The highest BCUT2D eigenvalue weighted by Gasteiger charge is 2.08. The van der Waals surface area contributed by atoms with Crippen LogP contribution in [0.15, 0.2) is 11.5 Å². The zero-order chi connectivity index (χ0) is 9.61. The number of nitrogens with two attached hydrogens (primary N) is 2. The zero-order valence-electron chi connectivity index (χ0n) is 8.42. The highest BCUT2D eigenvalue weighted by molar-refractivity contribution is 8.32. The van der Waals surface area contributed by atoms with Crippen LogP contribution in [0.2, 0.25) is 0 Å². The third kappa shape index (κ3) is 6.70. The van der Waals surface area contributed by atoms with E-state index in [0.717, 1.165) is 18.6 Å². The van der Waals surface area contributed by atoms with Crippen molar-refractivity contribution >= 4 is 10.4 Å². The SMILES string of the molecule is CC/C=C/S(N)(N)CCC(C)C. The average Bonchev–Trinajstić information content (AvgIpc) is 1.98. The van der Waals surface area contributed by atoms with Gasteiger partial charge < -0.3 is 0 Å². The van der Waals surface area contributed by atoms with Crippen molar-refractivity contribution in [3.63, 3.8) is 0 Å². The Morgan fingerprint density at radius 2 is 1.92 bits per heavy atom. The Morgan fingerprint density at radius 1 is 1.33 bits per heavy atom. The Kier molecular flexibility index (Phi) is 5.63. The minimum Gasteiger partial charge on any atom is -0.280 e. The smallest absolute Gasteiger partial charge is 0.00486 e. The highest BCUT2D eigenvalue weighted by atomic mass is 32.3. The second kappa shape index (κ2) is 5.62. The maximum Gasteiger partial charge on any atom is 0.00486 e. The third-order valence-electron chi connectivity index (χ3n) is 1.63. The summed E-state index contributed by atoms with van der Waals surface area (Å²) in [4.78, 5) is 0. The van der Waals surface area contributed by atoms with E-state index >= 15 is 0 Å². The van der Waals surface area contributed by atoms with Crippen LogP contribution in [0, 0.1) is 5.92 Å². The van der Waals surface area contributed by atoms with Gasteiger partial charge in [0.05, 0.1) is 0 Å². The molecule has 0 amide bonds. The van der Waals surface area contributed by atoms with Crippen LogP contribution in [0.5, 0.6) is 0 Å². The van der Waals surface area contributed by atoms with E-state index in [1.165, 1.54) is 0 Å². The molecule has 0 aromatic heterocycles. The van der Waals surface area contributed by atoms with Gasteiger partial charge in [-0.1, -0.05) is 26.8 Å². The van der Waals surface area contributed by atoms with E-state index in [4.69, 9.17) is 10.3 Å². The minimum atomic E-state index is -1.42. The largest absolute Gasteiger partial charge is 0.280 e. The molecule has 0 saturated heterocycles. The van der Waals surface area contributed by atoms with Gasteiger partial charge in [-0.25, -0.2) is 0 Å². The monoisotopic (exact) mass is 190 g/mol. The molecule has 0 unspecified atom stereocenters. The molecule has 0 aliphatic heterocycles. The topological polar surface area (TPSA) is 52.0 Å². The quantitative estimate of drug-likeness (QED) is 0.700. The Balaban J connectivity index is 3.78. The lowest BCUT2D eigenvalue weighted by Gasteiger charge is -2.27. The Labute approximate surface area is 78.0 Å². The summed E-state index contributed by atoms with van der Waals surface area (Å²) in [5.41, 5.74) is 0. The molecule has 0 fully saturated rings. The Morgan fingerprint density at radius 3 is 2.33 bits per heavy atom. The Hall–Kier alpha value is 0.01000. The standard InChI is InChI=1S/C9H22N2S/c1-4-5-7-12(10,11)8-6-9(2)3/h5,7,9H,4,6,8,10-11H2,1-3H3/b7-5+. The van der Waals surface area contributed by atoms with Gasteiger partial charge in [0.1, 0.15) is 0 Å². The molecule has 0 aliphatic carbocycles.